The Kier molecular flexibility index (Phi) is 8.78. The quantitative estimate of drug-likeness (QED) is 0.185. The second kappa shape index (κ2) is 13.1. The van der Waals surface area contributed by atoms with Crippen molar-refractivity contribution >= 4 is 17.2 Å². The van der Waals surface area contributed by atoms with Gasteiger partial charge in [0.15, 0.2) is 0 Å². The van der Waals surface area contributed by atoms with Gasteiger partial charge < -0.3 is 19.0 Å². The summed E-state index contributed by atoms with van der Waals surface area (Å²) < 4.78 is 13.1. The van der Waals surface area contributed by atoms with Crippen molar-refractivity contribution in [3.05, 3.63) is 70.9 Å². The molecule has 3 aliphatic rings. The molecule has 45 heavy (non-hydrogen) atoms. The van der Waals surface area contributed by atoms with E-state index in [0.29, 0.717) is 30.7 Å². The second-order valence-corrected chi connectivity index (χ2v) is 14.6. The van der Waals surface area contributed by atoms with Crippen molar-refractivity contribution in [2.24, 2.45) is 5.92 Å². The van der Waals surface area contributed by atoms with Gasteiger partial charge in [-0.3, -0.25) is 4.79 Å². The number of carbonyl (C=O) groups excluding carboxylic acids is 1. The number of piperidine rings is 1. The van der Waals surface area contributed by atoms with Gasteiger partial charge >= 0.3 is 0 Å². The van der Waals surface area contributed by atoms with E-state index in [2.05, 4.69) is 66.2 Å². The van der Waals surface area contributed by atoms with E-state index in [0.717, 1.165) is 75.2 Å². The third-order valence-electron chi connectivity index (χ3n) is 9.78. The van der Waals surface area contributed by atoms with Crippen LogP contribution in [0.4, 0.5) is 0 Å². The fourth-order valence-electron chi connectivity index (χ4n) is 7.18. The van der Waals surface area contributed by atoms with Crippen LogP contribution in [0.5, 0.6) is 11.5 Å². The zero-order valence-electron chi connectivity index (χ0n) is 26.7. The molecule has 4 aromatic rings. The van der Waals surface area contributed by atoms with Crippen molar-refractivity contribution in [2.45, 2.75) is 90.1 Å². The minimum Gasteiger partial charge on any atom is -0.461 e. The van der Waals surface area contributed by atoms with Gasteiger partial charge in [0.1, 0.15) is 33.0 Å². The number of ether oxygens (including phenoxy) is 1. The molecule has 3 fully saturated rings. The van der Waals surface area contributed by atoms with Crippen molar-refractivity contribution in [1.82, 2.24) is 20.0 Å². The van der Waals surface area contributed by atoms with Crippen LogP contribution in [0.15, 0.2) is 59.0 Å². The number of carbonyl (C=O) groups is 1. The van der Waals surface area contributed by atoms with Crippen LogP contribution in [0, 0.1) is 5.92 Å². The molecule has 2 saturated heterocycles. The summed E-state index contributed by atoms with van der Waals surface area (Å²) in [6.07, 6.45) is 8.43. The van der Waals surface area contributed by atoms with Gasteiger partial charge in [0.2, 0.25) is 5.91 Å². The summed E-state index contributed by atoms with van der Waals surface area (Å²) in [4.78, 5) is 17.3. The van der Waals surface area contributed by atoms with E-state index in [-0.39, 0.29) is 5.91 Å². The lowest BCUT2D eigenvalue weighted by Gasteiger charge is -2.35. The molecule has 8 heteroatoms. The van der Waals surface area contributed by atoms with Gasteiger partial charge in [-0.05, 0) is 87.2 Å². The summed E-state index contributed by atoms with van der Waals surface area (Å²) in [5.74, 6) is 4.83. The number of likely N-dealkylation sites (tertiary alicyclic amines) is 2. The third-order valence-corrected chi connectivity index (χ3v) is 11.1. The lowest BCUT2D eigenvalue weighted by molar-refractivity contribution is -0.128. The van der Waals surface area contributed by atoms with E-state index in [9.17, 15) is 4.79 Å². The molecular formula is C37H44N4O3S. The normalized spacial score (nSPS) is 20.1. The van der Waals surface area contributed by atoms with E-state index in [4.69, 9.17) is 9.15 Å². The van der Waals surface area contributed by atoms with Crippen molar-refractivity contribution in [3.63, 3.8) is 0 Å². The second-order valence-electron chi connectivity index (χ2n) is 13.6. The van der Waals surface area contributed by atoms with Crippen LogP contribution < -0.4 is 4.74 Å². The molecule has 0 bridgehead atoms. The maximum atomic E-state index is 12.7. The van der Waals surface area contributed by atoms with Gasteiger partial charge in [0, 0.05) is 54.1 Å². The van der Waals surface area contributed by atoms with Gasteiger partial charge in [-0.1, -0.05) is 57.1 Å². The Labute approximate surface area is 270 Å². The molecular weight excluding hydrogens is 580 g/mol. The first-order chi connectivity index (χ1) is 21.9. The third kappa shape index (κ3) is 6.73. The highest BCUT2D eigenvalue weighted by atomic mass is 32.1. The Hall–Kier alpha value is -3.49. The molecule has 2 aromatic carbocycles. The molecule has 0 spiro atoms. The lowest BCUT2D eigenvalue weighted by atomic mass is 9.93. The van der Waals surface area contributed by atoms with E-state index >= 15 is 0 Å². The maximum Gasteiger partial charge on any atom is 0.223 e. The van der Waals surface area contributed by atoms with Crippen LogP contribution in [-0.4, -0.2) is 51.6 Å². The number of benzene rings is 2. The molecule has 7 rings (SSSR count). The van der Waals surface area contributed by atoms with Crippen molar-refractivity contribution in [1.29, 1.82) is 0 Å². The highest BCUT2D eigenvalue weighted by Crippen LogP contribution is 2.38. The predicted octanol–water partition coefficient (Wildman–Crippen LogP) is 8.87. The molecule has 7 nitrogen and oxygen atoms in total. The summed E-state index contributed by atoms with van der Waals surface area (Å²) in [5, 5.41) is 10.7. The van der Waals surface area contributed by atoms with E-state index in [1.54, 1.807) is 11.3 Å². The van der Waals surface area contributed by atoms with Gasteiger partial charge in [0.05, 0.1) is 0 Å². The summed E-state index contributed by atoms with van der Waals surface area (Å²) in [6.45, 7) is 10.0. The minimum atomic E-state index is 0.203. The molecule has 4 heterocycles. The fourth-order valence-corrected chi connectivity index (χ4v) is 8.04. The first kappa shape index (κ1) is 30.2. The molecule has 1 unspecified atom stereocenters. The fraction of sp³-hybridized carbons (Fsp3) is 0.486. The van der Waals surface area contributed by atoms with Gasteiger partial charge in [0.25, 0.3) is 0 Å². The van der Waals surface area contributed by atoms with Crippen molar-refractivity contribution in [3.8, 4) is 33.4 Å². The average molecular weight is 625 g/mol. The summed E-state index contributed by atoms with van der Waals surface area (Å²) in [7, 11) is 0. The van der Waals surface area contributed by atoms with Crippen molar-refractivity contribution in [2.75, 3.05) is 19.6 Å². The van der Waals surface area contributed by atoms with E-state index in [1.807, 2.05) is 29.2 Å². The van der Waals surface area contributed by atoms with Crippen LogP contribution >= 0.6 is 11.3 Å². The average Bonchev–Trinajstić information content (AvgIpc) is 3.87. The predicted molar refractivity (Wildman–Crippen MR) is 179 cm³/mol. The number of hydrogen-bond donors (Lipinski definition) is 0. The Morgan fingerprint density at radius 3 is 2.40 bits per heavy atom. The van der Waals surface area contributed by atoms with Crippen molar-refractivity contribution < 1.29 is 13.9 Å². The summed E-state index contributed by atoms with van der Waals surface area (Å²) >= 11 is 1.63. The number of amides is 1. The first-order valence-corrected chi connectivity index (χ1v) is 17.6. The first-order valence-electron chi connectivity index (χ1n) is 16.8. The topological polar surface area (TPSA) is 71.7 Å². The van der Waals surface area contributed by atoms with Crippen LogP contribution in [0.2, 0.25) is 0 Å². The van der Waals surface area contributed by atoms with Gasteiger partial charge in [-0.15, -0.1) is 10.2 Å². The summed E-state index contributed by atoms with van der Waals surface area (Å²) in [6, 6.07) is 19.4. The monoisotopic (exact) mass is 624 g/mol. The highest BCUT2D eigenvalue weighted by molar-refractivity contribution is 7.14. The number of aromatic nitrogens is 2. The molecule has 2 aliphatic heterocycles. The largest absolute Gasteiger partial charge is 0.461 e. The standard InChI is InChI=1S/C37H44N4O3S/c1-24(2)36-38-39-37(45-36)27-10-12-31(13-11-27)43-34-21-28(8-9-29(34)23-41-22-25(3)20-35(41)42)33-15-14-32(44-33)26-16-18-40(19-17-26)30-6-4-5-7-30/h8-15,21,24-26,30H,4-7,16-20,22-23H2,1-3H3. The molecule has 1 saturated carbocycles. The Morgan fingerprint density at radius 2 is 1.71 bits per heavy atom. The maximum absolute atomic E-state index is 12.7. The SMILES string of the molecule is CC1CC(=O)N(Cc2ccc(-c3ccc(C4CCN(C5CCCC5)CC4)o3)cc2Oc2ccc(-c3nnc(C(C)C)s3)cc2)C1. The Balaban J connectivity index is 1.10. The Bertz CT molecular complexity index is 1610. The molecule has 1 amide bonds. The highest BCUT2D eigenvalue weighted by Gasteiger charge is 2.30. The van der Waals surface area contributed by atoms with Crippen LogP contribution in [0.1, 0.15) is 93.9 Å². The molecule has 1 aliphatic carbocycles. The molecule has 1 atom stereocenters. The van der Waals surface area contributed by atoms with Gasteiger partial charge in [-0.25, -0.2) is 0 Å². The smallest absolute Gasteiger partial charge is 0.223 e. The molecule has 0 N–H and O–H groups in total. The van der Waals surface area contributed by atoms with Crippen LogP contribution in [0.25, 0.3) is 21.9 Å². The number of nitrogens with zero attached hydrogens (tertiary/aromatic N) is 4. The minimum absolute atomic E-state index is 0.203. The Morgan fingerprint density at radius 1 is 0.956 bits per heavy atom. The zero-order valence-corrected chi connectivity index (χ0v) is 27.5. The van der Waals surface area contributed by atoms with E-state index < -0.39 is 0 Å². The number of hydrogen-bond acceptors (Lipinski definition) is 7. The number of furan rings is 1. The summed E-state index contributed by atoms with van der Waals surface area (Å²) in [5.41, 5.74) is 2.99. The van der Waals surface area contributed by atoms with Crippen LogP contribution in [-0.2, 0) is 11.3 Å². The molecule has 2 aromatic heterocycles. The lowest BCUT2D eigenvalue weighted by Crippen LogP contribution is -2.39. The zero-order chi connectivity index (χ0) is 30.9. The molecule has 236 valence electrons. The number of rotatable bonds is 9. The molecule has 0 radical (unpaired) electrons. The van der Waals surface area contributed by atoms with E-state index in [1.165, 1.54) is 38.8 Å². The van der Waals surface area contributed by atoms with Gasteiger partial charge in [-0.2, -0.15) is 0 Å². The van der Waals surface area contributed by atoms with Crippen LogP contribution in [0.3, 0.4) is 0 Å².